The van der Waals surface area contributed by atoms with Crippen LogP contribution in [0.2, 0.25) is 5.02 Å². The van der Waals surface area contributed by atoms with E-state index >= 15 is 0 Å². The number of aliphatic hydroxyl groups excluding tert-OH is 1. The predicted molar refractivity (Wildman–Crippen MR) is 141 cm³/mol. The molecule has 4 rings (SSSR count). The lowest BCUT2D eigenvalue weighted by Crippen LogP contribution is -2.56. The van der Waals surface area contributed by atoms with Crippen molar-refractivity contribution >= 4 is 23.4 Å². The van der Waals surface area contributed by atoms with Gasteiger partial charge in [0, 0.05) is 24.2 Å². The number of carbonyl (C=O) groups excluding carboxylic acids is 2. The first-order valence-electron chi connectivity index (χ1n) is 13.0. The van der Waals surface area contributed by atoms with Crippen molar-refractivity contribution in [3.05, 3.63) is 40.4 Å². The van der Waals surface area contributed by atoms with Gasteiger partial charge < -0.3 is 25.2 Å². The van der Waals surface area contributed by atoms with Crippen molar-refractivity contribution in [3.63, 3.8) is 0 Å². The number of carbonyl (C=O) groups is 2. The van der Waals surface area contributed by atoms with E-state index in [0.29, 0.717) is 55.3 Å². The van der Waals surface area contributed by atoms with E-state index < -0.39 is 23.2 Å². The summed E-state index contributed by atoms with van der Waals surface area (Å²) in [7, 11) is 1.97. The van der Waals surface area contributed by atoms with Gasteiger partial charge in [-0.1, -0.05) is 32.4 Å². The maximum absolute atomic E-state index is 14.8. The normalized spacial score (nSPS) is 21.6. The lowest BCUT2D eigenvalue weighted by molar-refractivity contribution is -0.126. The number of aliphatic hydroxyl groups is 1. The molecule has 1 atom stereocenters. The van der Waals surface area contributed by atoms with Crippen LogP contribution in [0.4, 0.5) is 4.39 Å². The molecule has 37 heavy (non-hydrogen) atoms. The topological polar surface area (TPSA) is 99.5 Å². The summed E-state index contributed by atoms with van der Waals surface area (Å²) in [6.45, 7) is 7.57. The number of hydrogen-bond acceptors (Lipinski definition) is 5. The van der Waals surface area contributed by atoms with Gasteiger partial charge in [-0.15, -0.1) is 0 Å². The fourth-order valence-corrected chi connectivity index (χ4v) is 5.33. The van der Waals surface area contributed by atoms with Gasteiger partial charge >= 0.3 is 0 Å². The number of amides is 2. The van der Waals surface area contributed by atoms with E-state index in [1.54, 1.807) is 0 Å². The summed E-state index contributed by atoms with van der Waals surface area (Å²) in [6, 6.07) is 3.46. The van der Waals surface area contributed by atoms with Crippen LogP contribution in [0.1, 0.15) is 69.1 Å². The minimum Gasteiger partial charge on any atom is -0.393 e. The fraction of sp³-hybridized carbons (Fsp3) is 0.593. The zero-order valence-electron chi connectivity index (χ0n) is 22.0. The van der Waals surface area contributed by atoms with E-state index in [1.807, 2.05) is 32.4 Å². The van der Waals surface area contributed by atoms with E-state index in [1.165, 1.54) is 18.2 Å². The minimum absolute atomic E-state index is 0.0346. The Morgan fingerprint density at radius 2 is 1.89 bits per heavy atom. The van der Waals surface area contributed by atoms with Gasteiger partial charge in [-0.05, 0) is 69.3 Å². The monoisotopic (exact) mass is 533 g/mol. The molecule has 1 aromatic heterocycles. The number of rotatable bonds is 5. The van der Waals surface area contributed by atoms with Crippen molar-refractivity contribution in [1.82, 2.24) is 25.1 Å². The van der Waals surface area contributed by atoms with Crippen LogP contribution in [0.3, 0.4) is 0 Å². The van der Waals surface area contributed by atoms with E-state index in [0.717, 1.165) is 13.0 Å². The van der Waals surface area contributed by atoms with E-state index in [-0.39, 0.29) is 29.3 Å². The maximum atomic E-state index is 14.8. The Bertz CT molecular complexity index is 1150. The maximum Gasteiger partial charge on any atom is 0.272 e. The number of hydrogen-bond donors (Lipinski definition) is 3. The van der Waals surface area contributed by atoms with Gasteiger partial charge in [0.25, 0.3) is 5.91 Å². The quantitative estimate of drug-likeness (QED) is 0.544. The van der Waals surface area contributed by atoms with Crippen molar-refractivity contribution < 1.29 is 19.1 Å². The second kappa shape index (κ2) is 11.1. The van der Waals surface area contributed by atoms with Crippen LogP contribution in [-0.4, -0.2) is 63.2 Å². The molecule has 0 spiro atoms. The van der Waals surface area contributed by atoms with Gasteiger partial charge in [0.15, 0.2) is 5.69 Å². The Morgan fingerprint density at radius 3 is 2.57 bits per heavy atom. The van der Waals surface area contributed by atoms with Crippen LogP contribution >= 0.6 is 11.6 Å². The van der Waals surface area contributed by atoms with Gasteiger partial charge in [-0.2, -0.15) is 0 Å². The molecule has 10 heteroatoms. The average molecular weight is 534 g/mol. The molecule has 1 aromatic carbocycles. The van der Waals surface area contributed by atoms with Crippen LogP contribution in [0.15, 0.2) is 18.2 Å². The molecule has 2 aromatic rings. The van der Waals surface area contributed by atoms with Crippen LogP contribution in [0.5, 0.6) is 0 Å². The van der Waals surface area contributed by atoms with Crippen LogP contribution in [0.25, 0.3) is 11.4 Å². The molecule has 0 saturated heterocycles. The summed E-state index contributed by atoms with van der Waals surface area (Å²) in [5.41, 5.74) is 0.539. The van der Waals surface area contributed by atoms with Gasteiger partial charge in [0.2, 0.25) is 5.91 Å². The molecule has 2 amide bonds. The highest BCUT2D eigenvalue weighted by molar-refractivity contribution is 6.30. The van der Waals surface area contributed by atoms with E-state index in [4.69, 9.17) is 11.6 Å². The molecule has 2 heterocycles. The summed E-state index contributed by atoms with van der Waals surface area (Å²) >= 11 is 6.17. The summed E-state index contributed by atoms with van der Waals surface area (Å²) < 4.78 is 16.7. The molecule has 1 saturated carbocycles. The summed E-state index contributed by atoms with van der Waals surface area (Å²) in [5, 5.41) is 16.2. The zero-order valence-corrected chi connectivity index (χ0v) is 22.7. The van der Waals surface area contributed by atoms with Crippen molar-refractivity contribution in [2.24, 2.45) is 5.41 Å². The first-order chi connectivity index (χ1) is 17.4. The Hall–Kier alpha value is -2.49. The molecule has 1 fully saturated rings. The minimum atomic E-state index is -0.806. The average Bonchev–Trinajstić information content (AvgIpc) is 3.05. The number of nitrogens with zero attached hydrogens (tertiary/aromatic N) is 3. The standard InChI is InChI=1S/C27H37ClFN5O3/c1-27(2,3)23(26(37)30-17-7-9-18(35)10-8-17)32-25(36)22-21-15-33(4)12-5-13-34(21)24(31-22)19-14-16(28)6-11-20(19)29/h6,11,14,17-18,23,35H,5,7-10,12-13,15H2,1-4H3,(H,30,37)(H,32,36)/t17?,18?,23-/m1/s1. The first-order valence-corrected chi connectivity index (χ1v) is 13.3. The molecule has 202 valence electrons. The van der Waals surface area contributed by atoms with Gasteiger partial charge in [-0.25, -0.2) is 9.37 Å². The third-order valence-electron chi connectivity index (χ3n) is 7.24. The number of nitrogens with one attached hydrogen (secondary N) is 2. The fourth-order valence-electron chi connectivity index (χ4n) is 5.16. The molecule has 8 nitrogen and oxygen atoms in total. The lowest BCUT2D eigenvalue weighted by atomic mass is 9.85. The SMILES string of the molecule is CN1CCCn2c(-c3cc(Cl)ccc3F)nc(C(=O)N[C@H](C(=O)NC3CCC(O)CC3)C(C)(C)C)c2C1. The Labute approximate surface area is 222 Å². The first kappa shape index (κ1) is 27.5. The summed E-state index contributed by atoms with van der Waals surface area (Å²) in [4.78, 5) is 33.7. The second-order valence-corrected chi connectivity index (χ2v) is 11.8. The van der Waals surface area contributed by atoms with Crippen molar-refractivity contribution in [2.45, 2.75) is 84.2 Å². The highest BCUT2D eigenvalue weighted by Gasteiger charge is 2.36. The largest absolute Gasteiger partial charge is 0.393 e. The molecule has 0 bridgehead atoms. The third-order valence-corrected chi connectivity index (χ3v) is 7.48. The Balaban J connectivity index is 1.65. The number of benzene rings is 1. The highest BCUT2D eigenvalue weighted by atomic mass is 35.5. The van der Waals surface area contributed by atoms with Crippen molar-refractivity contribution in [3.8, 4) is 11.4 Å². The number of fused-ring (bicyclic) bond motifs is 1. The molecule has 1 aliphatic carbocycles. The van der Waals surface area contributed by atoms with Gasteiger partial charge in [0.05, 0.1) is 17.4 Å². The molecule has 1 aliphatic heterocycles. The number of halogens is 2. The van der Waals surface area contributed by atoms with Gasteiger partial charge in [0.1, 0.15) is 17.7 Å². The van der Waals surface area contributed by atoms with Gasteiger partial charge in [-0.3, -0.25) is 9.59 Å². The van der Waals surface area contributed by atoms with E-state index in [9.17, 15) is 19.1 Å². The Kier molecular flexibility index (Phi) is 8.26. The molecular weight excluding hydrogens is 497 g/mol. The van der Waals surface area contributed by atoms with Crippen molar-refractivity contribution in [1.29, 1.82) is 0 Å². The van der Waals surface area contributed by atoms with E-state index in [2.05, 4.69) is 20.5 Å². The third kappa shape index (κ3) is 6.33. The second-order valence-electron chi connectivity index (χ2n) is 11.4. The molecule has 0 radical (unpaired) electrons. The number of aromatic nitrogens is 2. The summed E-state index contributed by atoms with van der Waals surface area (Å²) in [5.74, 6) is -0.841. The number of imidazole rings is 1. The zero-order chi connectivity index (χ0) is 26.9. The lowest BCUT2D eigenvalue weighted by Gasteiger charge is -2.33. The van der Waals surface area contributed by atoms with Crippen LogP contribution in [-0.2, 0) is 17.9 Å². The molecule has 2 aliphatic rings. The molecule has 0 unspecified atom stereocenters. The predicted octanol–water partition coefficient (Wildman–Crippen LogP) is 3.74. The van der Waals surface area contributed by atoms with Crippen LogP contribution in [0, 0.1) is 11.2 Å². The van der Waals surface area contributed by atoms with Crippen molar-refractivity contribution in [2.75, 3.05) is 13.6 Å². The van der Waals surface area contributed by atoms with Crippen LogP contribution < -0.4 is 10.6 Å². The summed E-state index contributed by atoms with van der Waals surface area (Å²) in [6.07, 6.45) is 3.20. The highest BCUT2D eigenvalue weighted by Crippen LogP contribution is 2.30. The molecule has 3 N–H and O–H groups in total. The smallest absolute Gasteiger partial charge is 0.272 e. The Morgan fingerprint density at radius 1 is 1.19 bits per heavy atom. The molecular formula is C27H37ClFN5O3.